The van der Waals surface area contributed by atoms with Crippen LogP contribution in [0.15, 0.2) is 18.2 Å². The first-order valence-electron chi connectivity index (χ1n) is 5.72. The lowest BCUT2D eigenvalue weighted by molar-refractivity contribution is 0.496. The van der Waals surface area contributed by atoms with E-state index in [1.807, 2.05) is 0 Å². The average Bonchev–Trinajstić information content (AvgIpc) is 2.25. The summed E-state index contributed by atoms with van der Waals surface area (Å²) < 4.78 is 26.3. The van der Waals surface area contributed by atoms with E-state index < -0.39 is 11.6 Å². The Hall–Kier alpha value is -0.440. The van der Waals surface area contributed by atoms with Crippen LogP contribution in [0.2, 0.25) is 0 Å². The zero-order valence-electron chi connectivity index (χ0n) is 9.48. The van der Waals surface area contributed by atoms with E-state index in [2.05, 4.69) is 22.9 Å². The van der Waals surface area contributed by atoms with Gasteiger partial charge in [-0.25, -0.2) is 8.78 Å². The Bertz CT molecular complexity index is 326. The molecule has 0 aliphatic rings. The summed E-state index contributed by atoms with van der Waals surface area (Å²) in [6.45, 7) is 2.15. The van der Waals surface area contributed by atoms with Gasteiger partial charge in [-0.15, -0.1) is 0 Å². The molecular weight excluding hydrogens is 274 g/mol. The van der Waals surface area contributed by atoms with Gasteiger partial charge in [0.05, 0.1) is 0 Å². The third-order valence-corrected chi connectivity index (χ3v) is 3.38. The quantitative estimate of drug-likeness (QED) is 0.519. The molecule has 1 rings (SSSR count). The molecule has 16 heavy (non-hydrogen) atoms. The molecule has 1 aromatic carbocycles. The van der Waals surface area contributed by atoms with E-state index in [9.17, 15) is 8.78 Å². The van der Waals surface area contributed by atoms with Gasteiger partial charge >= 0.3 is 0 Å². The minimum atomic E-state index is -0.759. The molecule has 0 aliphatic heterocycles. The third-order valence-electron chi connectivity index (χ3n) is 2.59. The summed E-state index contributed by atoms with van der Waals surface area (Å²) in [6, 6.07) is 4.35. The van der Waals surface area contributed by atoms with Crippen molar-refractivity contribution in [2.24, 2.45) is 0 Å². The highest BCUT2D eigenvalue weighted by Gasteiger charge is 2.11. The van der Waals surface area contributed by atoms with E-state index in [1.54, 1.807) is 12.1 Å². The van der Waals surface area contributed by atoms with Crippen LogP contribution in [0.5, 0.6) is 0 Å². The lowest BCUT2D eigenvalue weighted by Crippen LogP contribution is -2.05. The van der Waals surface area contributed by atoms with E-state index in [1.165, 1.54) is 12.8 Å². The maximum absolute atomic E-state index is 13.4. The van der Waals surface area contributed by atoms with Crippen LogP contribution in [0.1, 0.15) is 38.2 Å². The first-order valence-corrected chi connectivity index (χ1v) is 6.63. The van der Waals surface area contributed by atoms with Crippen molar-refractivity contribution in [2.75, 3.05) is 0 Å². The molecule has 0 radical (unpaired) electrons. The monoisotopic (exact) mass is 290 g/mol. The Morgan fingerprint density at radius 2 is 2.00 bits per heavy atom. The SMILES string of the molecule is CCCCCC(Br)Cc1cccc(F)c1F. The van der Waals surface area contributed by atoms with Gasteiger partial charge < -0.3 is 0 Å². The predicted molar refractivity (Wildman–Crippen MR) is 66.9 cm³/mol. The van der Waals surface area contributed by atoms with Crippen LogP contribution in [0, 0.1) is 11.6 Å². The van der Waals surface area contributed by atoms with Crippen LogP contribution in [0.4, 0.5) is 8.78 Å². The van der Waals surface area contributed by atoms with Crippen LogP contribution in [-0.2, 0) is 6.42 Å². The topological polar surface area (TPSA) is 0 Å². The first kappa shape index (κ1) is 13.6. The Kier molecular flexibility index (Phi) is 5.96. The summed E-state index contributed by atoms with van der Waals surface area (Å²) in [7, 11) is 0. The molecule has 0 N–H and O–H groups in total. The molecule has 0 saturated carbocycles. The second-order valence-electron chi connectivity index (χ2n) is 4.01. The molecule has 0 aliphatic carbocycles. The number of rotatable bonds is 6. The maximum Gasteiger partial charge on any atom is 0.162 e. The number of hydrogen-bond acceptors (Lipinski definition) is 0. The fraction of sp³-hybridized carbons (Fsp3) is 0.538. The standard InChI is InChI=1S/C13H17BrF2/c1-2-3-4-7-11(14)9-10-6-5-8-12(15)13(10)16/h5-6,8,11H,2-4,7,9H2,1H3. The Morgan fingerprint density at radius 1 is 1.25 bits per heavy atom. The van der Waals surface area contributed by atoms with Crippen LogP contribution in [0.25, 0.3) is 0 Å². The first-order chi connectivity index (χ1) is 7.65. The maximum atomic E-state index is 13.4. The molecule has 1 atom stereocenters. The van der Waals surface area contributed by atoms with Gasteiger partial charge in [-0.1, -0.05) is 54.2 Å². The Morgan fingerprint density at radius 3 is 2.69 bits per heavy atom. The van der Waals surface area contributed by atoms with Crippen molar-refractivity contribution in [3.8, 4) is 0 Å². The highest BCUT2D eigenvalue weighted by Crippen LogP contribution is 2.19. The highest BCUT2D eigenvalue weighted by atomic mass is 79.9. The fourth-order valence-corrected chi connectivity index (χ4v) is 2.34. The van der Waals surface area contributed by atoms with E-state index in [-0.39, 0.29) is 4.83 Å². The van der Waals surface area contributed by atoms with Crippen molar-refractivity contribution in [1.29, 1.82) is 0 Å². The molecule has 0 spiro atoms. The lowest BCUT2D eigenvalue weighted by Gasteiger charge is -2.10. The summed E-state index contributed by atoms with van der Waals surface area (Å²) in [6.07, 6.45) is 5.04. The number of alkyl halides is 1. The highest BCUT2D eigenvalue weighted by molar-refractivity contribution is 9.09. The van der Waals surface area contributed by atoms with E-state index >= 15 is 0 Å². The van der Waals surface area contributed by atoms with Crippen LogP contribution >= 0.6 is 15.9 Å². The summed E-state index contributed by atoms with van der Waals surface area (Å²) >= 11 is 3.51. The molecule has 0 saturated heterocycles. The van der Waals surface area contributed by atoms with Crippen molar-refractivity contribution in [2.45, 2.75) is 43.9 Å². The van der Waals surface area contributed by atoms with Gasteiger partial charge in [-0.3, -0.25) is 0 Å². The van der Waals surface area contributed by atoms with Gasteiger partial charge in [0.2, 0.25) is 0 Å². The van der Waals surface area contributed by atoms with Gasteiger partial charge in [0.1, 0.15) is 0 Å². The van der Waals surface area contributed by atoms with Crippen LogP contribution < -0.4 is 0 Å². The summed E-state index contributed by atoms with van der Waals surface area (Å²) in [5.41, 5.74) is 0.457. The molecule has 0 amide bonds. The molecule has 3 heteroatoms. The number of hydrogen-bond donors (Lipinski definition) is 0. The third kappa shape index (κ3) is 4.20. The van der Waals surface area contributed by atoms with Gasteiger partial charge in [-0.05, 0) is 24.5 Å². The van der Waals surface area contributed by atoms with Gasteiger partial charge in [0.25, 0.3) is 0 Å². The molecule has 1 unspecified atom stereocenters. The smallest absolute Gasteiger partial charge is 0.162 e. The van der Waals surface area contributed by atoms with Crippen molar-refractivity contribution >= 4 is 15.9 Å². The zero-order valence-corrected chi connectivity index (χ0v) is 11.1. The second kappa shape index (κ2) is 7.00. The van der Waals surface area contributed by atoms with E-state index in [0.29, 0.717) is 12.0 Å². The van der Waals surface area contributed by atoms with Crippen LogP contribution in [0.3, 0.4) is 0 Å². The number of benzene rings is 1. The van der Waals surface area contributed by atoms with Crippen LogP contribution in [-0.4, -0.2) is 4.83 Å². The molecule has 0 nitrogen and oxygen atoms in total. The predicted octanol–water partition coefficient (Wildman–Crippen LogP) is 4.85. The summed E-state index contributed by atoms with van der Waals surface area (Å²) in [4.78, 5) is 0.232. The van der Waals surface area contributed by atoms with Crippen molar-refractivity contribution < 1.29 is 8.78 Å². The van der Waals surface area contributed by atoms with Gasteiger partial charge in [0, 0.05) is 4.83 Å². The summed E-state index contributed by atoms with van der Waals surface area (Å²) in [5.74, 6) is -1.46. The van der Waals surface area contributed by atoms with Crippen molar-refractivity contribution in [3.63, 3.8) is 0 Å². The zero-order chi connectivity index (χ0) is 12.0. The van der Waals surface area contributed by atoms with Gasteiger partial charge in [-0.2, -0.15) is 0 Å². The molecular formula is C13H17BrF2. The molecule has 0 bridgehead atoms. The molecule has 0 heterocycles. The average molecular weight is 291 g/mol. The Labute approximate surface area is 104 Å². The second-order valence-corrected chi connectivity index (χ2v) is 5.31. The minimum absolute atomic E-state index is 0.232. The van der Waals surface area contributed by atoms with E-state index in [4.69, 9.17) is 0 Å². The minimum Gasteiger partial charge on any atom is -0.204 e. The van der Waals surface area contributed by atoms with Crippen molar-refractivity contribution in [3.05, 3.63) is 35.4 Å². The molecule has 1 aromatic rings. The largest absolute Gasteiger partial charge is 0.204 e. The molecule has 0 fully saturated rings. The summed E-state index contributed by atoms with van der Waals surface area (Å²) in [5, 5.41) is 0. The lowest BCUT2D eigenvalue weighted by atomic mass is 10.0. The normalized spacial score (nSPS) is 12.8. The molecule has 90 valence electrons. The van der Waals surface area contributed by atoms with Crippen molar-refractivity contribution in [1.82, 2.24) is 0 Å². The van der Waals surface area contributed by atoms with Gasteiger partial charge in [0.15, 0.2) is 11.6 Å². The molecule has 0 aromatic heterocycles. The number of halogens is 3. The fourth-order valence-electron chi connectivity index (χ4n) is 1.66. The number of unbranched alkanes of at least 4 members (excludes halogenated alkanes) is 2. The Balaban J connectivity index is 2.49. The van der Waals surface area contributed by atoms with E-state index in [0.717, 1.165) is 18.9 Å².